The van der Waals surface area contributed by atoms with E-state index in [9.17, 15) is 0 Å². The van der Waals surface area contributed by atoms with Crippen LogP contribution in [0.2, 0.25) is 0 Å². The Morgan fingerprint density at radius 1 is 0.455 bits per heavy atom. The molecule has 0 unspecified atom stereocenters. The monoisotopic (exact) mass is 1220 g/mol. The number of hydrogen-bond acceptors (Lipinski definition) is 6. The second-order valence-electron chi connectivity index (χ2n) is 16.2. The molecular formula is C52H40N12Pt2+4. The van der Waals surface area contributed by atoms with Gasteiger partial charge in [0, 0.05) is 86.1 Å². The Balaban J connectivity index is 0.000000161. The molecular weight excluding hydrogens is 1180 g/mol. The van der Waals surface area contributed by atoms with E-state index in [1.165, 1.54) is 0 Å². The average molecular weight is 1220 g/mol. The molecule has 66 heavy (non-hydrogen) atoms. The molecule has 0 saturated heterocycles. The van der Waals surface area contributed by atoms with Crippen molar-refractivity contribution in [2.75, 3.05) is 14.1 Å². The summed E-state index contributed by atoms with van der Waals surface area (Å²) in [5, 5.41) is 17.3. The van der Waals surface area contributed by atoms with Crippen molar-refractivity contribution in [1.82, 2.24) is 40.3 Å². The first-order valence-corrected chi connectivity index (χ1v) is 21.0. The third-order valence-corrected chi connectivity index (χ3v) is 13.0. The van der Waals surface area contributed by atoms with E-state index in [1.54, 1.807) is 12.4 Å². The molecule has 2 aliphatic heterocycles. The van der Waals surface area contributed by atoms with E-state index in [1.807, 2.05) is 118 Å². The van der Waals surface area contributed by atoms with Crippen molar-refractivity contribution in [3.8, 4) is 22.3 Å². The second kappa shape index (κ2) is 17.1. The van der Waals surface area contributed by atoms with E-state index in [2.05, 4.69) is 109 Å². The summed E-state index contributed by atoms with van der Waals surface area (Å²) >= 11 is 0. The van der Waals surface area contributed by atoms with Gasteiger partial charge < -0.3 is 20.4 Å². The molecule has 0 radical (unpaired) electrons. The maximum atomic E-state index is 4.85. The average Bonchev–Trinajstić information content (AvgIpc) is 4.22. The molecule has 0 bridgehead atoms. The van der Waals surface area contributed by atoms with Crippen molar-refractivity contribution < 1.29 is 60.4 Å². The SMILES string of the molecule is CC1=C(C)[N+](c2[c-]c(C3(c4cc[n-]n4)c4ncccc4-c4cccnc43)ccc2)=C=[N+]1C.CC1=C(C)[N+](c2[c-]c(C3(c4cc[n-]n4)c4ncccc4-c4cccnc43)ccc2)=C=[N+]1C.[Pt+2].[Pt+2]. The van der Waals surface area contributed by atoms with Crippen LogP contribution in [0.15, 0.2) is 157 Å². The Hall–Kier alpha value is -6.92. The van der Waals surface area contributed by atoms with E-state index in [0.717, 1.165) is 102 Å². The summed E-state index contributed by atoms with van der Waals surface area (Å²) in [5.41, 5.74) is 16.0. The summed E-state index contributed by atoms with van der Waals surface area (Å²) in [5.74, 6) is 0. The van der Waals surface area contributed by atoms with E-state index in [-0.39, 0.29) is 42.1 Å². The van der Waals surface area contributed by atoms with Crippen LogP contribution < -0.4 is 10.2 Å². The van der Waals surface area contributed by atoms with Crippen LogP contribution in [0.3, 0.4) is 0 Å². The van der Waals surface area contributed by atoms with Gasteiger partial charge in [-0.25, -0.2) is 0 Å². The molecule has 8 aromatic rings. The van der Waals surface area contributed by atoms with Crippen LogP contribution in [0, 0.1) is 12.1 Å². The summed E-state index contributed by atoms with van der Waals surface area (Å²) in [6, 6.07) is 46.5. The normalized spacial score (nSPS) is 15.5. The molecule has 8 heterocycles. The third kappa shape index (κ3) is 6.43. The third-order valence-electron chi connectivity index (χ3n) is 13.0. The fourth-order valence-electron chi connectivity index (χ4n) is 9.54. The van der Waals surface area contributed by atoms with Crippen molar-refractivity contribution in [2.45, 2.75) is 38.5 Å². The molecule has 324 valence electrons. The standard InChI is InChI=1S/2C26H20N6.2Pt/c2*1-17-18(2)32(16-31(17)3)20-8-4-7-19(15-20)26(23-11-14-29-30-23)24-21(9-5-12-27-24)22-10-6-13-28-25(22)26;;/h2*4-14H,1-3H3;;/q;;2*+2. The largest absolute Gasteiger partial charge is 2.00 e. The summed E-state index contributed by atoms with van der Waals surface area (Å²) in [6.07, 6.45) is 10.7. The summed E-state index contributed by atoms with van der Waals surface area (Å²) in [4.78, 5) is 19.4. The van der Waals surface area contributed by atoms with Gasteiger partial charge >= 0.3 is 54.1 Å². The molecule has 4 aliphatic rings. The molecule has 0 saturated carbocycles. The zero-order chi connectivity index (χ0) is 43.7. The minimum absolute atomic E-state index is 0. The van der Waals surface area contributed by atoms with E-state index < -0.39 is 10.8 Å². The van der Waals surface area contributed by atoms with Gasteiger partial charge in [-0.05, 0) is 24.3 Å². The number of hydrogen-bond donors (Lipinski definition) is 0. The predicted octanol–water partition coefficient (Wildman–Crippen LogP) is 7.43. The number of aromatic nitrogens is 8. The van der Waals surface area contributed by atoms with Crippen molar-refractivity contribution in [3.05, 3.63) is 214 Å². The number of allylic oxidation sites excluding steroid dienone is 4. The van der Waals surface area contributed by atoms with Crippen molar-refractivity contribution in [1.29, 1.82) is 0 Å². The first kappa shape index (κ1) is 44.3. The van der Waals surface area contributed by atoms with Crippen LogP contribution in [0.5, 0.6) is 0 Å². The molecule has 0 spiro atoms. The molecule has 12 nitrogen and oxygen atoms in total. The second-order valence-corrected chi connectivity index (χ2v) is 16.2. The van der Waals surface area contributed by atoms with Gasteiger partial charge in [0.05, 0.1) is 33.6 Å². The molecule has 2 aromatic carbocycles. The van der Waals surface area contributed by atoms with Crippen molar-refractivity contribution >= 4 is 23.4 Å². The smallest absolute Gasteiger partial charge is 0.581 e. The van der Waals surface area contributed by atoms with Gasteiger partial charge in [0.25, 0.3) is 22.8 Å². The van der Waals surface area contributed by atoms with Gasteiger partial charge in [-0.3, -0.25) is 19.9 Å². The fourth-order valence-corrected chi connectivity index (χ4v) is 9.54. The molecule has 12 rings (SSSR count). The van der Waals surface area contributed by atoms with Gasteiger partial charge in [-0.15, -0.1) is 23.3 Å². The molecule has 2 aliphatic carbocycles. The minimum Gasteiger partial charge on any atom is -0.581 e. The van der Waals surface area contributed by atoms with Crippen LogP contribution in [0.1, 0.15) is 73.0 Å². The molecule has 0 fully saturated rings. The Kier molecular flexibility index (Phi) is 11.5. The molecule has 0 N–H and O–H groups in total. The quantitative estimate of drug-likeness (QED) is 0.125. The van der Waals surface area contributed by atoms with Crippen LogP contribution in [-0.2, 0) is 53.0 Å². The van der Waals surface area contributed by atoms with Crippen LogP contribution in [-0.4, -0.2) is 74.5 Å². The van der Waals surface area contributed by atoms with Gasteiger partial charge in [0.15, 0.2) is 14.1 Å². The number of fused-ring (bicyclic) bond motifs is 6. The Morgan fingerprint density at radius 3 is 1.09 bits per heavy atom. The fraction of sp³-hybridized carbons (Fsp3) is 0.154. The Bertz CT molecular complexity index is 3120. The first-order valence-electron chi connectivity index (χ1n) is 21.0. The number of benzene rings is 2. The van der Waals surface area contributed by atoms with Crippen molar-refractivity contribution in [2.24, 2.45) is 0 Å². The maximum absolute atomic E-state index is 4.85. The number of pyridine rings is 4. The first-order chi connectivity index (χ1) is 31.2. The maximum Gasteiger partial charge on any atom is 2.00 e. The van der Waals surface area contributed by atoms with Gasteiger partial charge in [0.1, 0.15) is 11.4 Å². The van der Waals surface area contributed by atoms with E-state index in [4.69, 9.17) is 19.9 Å². The number of rotatable bonds is 6. The van der Waals surface area contributed by atoms with Gasteiger partial charge in [-0.2, -0.15) is 36.7 Å². The Morgan fingerprint density at radius 2 is 0.803 bits per heavy atom. The topological polar surface area (TPSA) is 118 Å². The summed E-state index contributed by atoms with van der Waals surface area (Å²) < 4.78 is 8.07. The van der Waals surface area contributed by atoms with Gasteiger partial charge in [0.2, 0.25) is 0 Å². The van der Waals surface area contributed by atoms with E-state index in [0.29, 0.717) is 0 Å². The predicted molar refractivity (Wildman–Crippen MR) is 238 cm³/mol. The zero-order valence-electron chi connectivity index (χ0n) is 36.7. The number of nitrogens with zero attached hydrogens (tertiary/aromatic N) is 12. The molecule has 14 heteroatoms. The molecule has 6 aromatic heterocycles. The van der Waals surface area contributed by atoms with Gasteiger partial charge in [-0.1, -0.05) is 66.8 Å². The Labute approximate surface area is 410 Å². The van der Waals surface area contributed by atoms with Crippen LogP contribution in [0.25, 0.3) is 22.3 Å². The zero-order valence-corrected chi connectivity index (χ0v) is 41.2. The van der Waals surface area contributed by atoms with Crippen LogP contribution in [0.4, 0.5) is 11.4 Å². The molecule has 0 amide bonds. The minimum atomic E-state index is -0.794. The summed E-state index contributed by atoms with van der Waals surface area (Å²) in [7, 11) is 4.00. The van der Waals surface area contributed by atoms with E-state index >= 15 is 0 Å². The molecule has 0 atom stereocenters. The summed E-state index contributed by atoms with van der Waals surface area (Å²) in [6.45, 7) is 8.36. The van der Waals surface area contributed by atoms with Crippen molar-refractivity contribution in [3.63, 3.8) is 0 Å². The van der Waals surface area contributed by atoms with Crippen LogP contribution >= 0.6 is 0 Å².